The summed E-state index contributed by atoms with van der Waals surface area (Å²) >= 11 is 7.61. The zero-order valence-electron chi connectivity index (χ0n) is 15.1. The fraction of sp³-hybridized carbons (Fsp3) is 0.421. The molecule has 8 heteroatoms. The third kappa shape index (κ3) is 4.00. The number of carbonyl (C=O) groups excluding carboxylic acids is 1. The van der Waals surface area contributed by atoms with Crippen LogP contribution in [0.15, 0.2) is 24.3 Å². The lowest BCUT2D eigenvalue weighted by Crippen LogP contribution is -2.48. The molecule has 1 aromatic carbocycles. The van der Waals surface area contributed by atoms with Gasteiger partial charge in [0.2, 0.25) is 5.75 Å². The molecule has 2 aliphatic heterocycles. The van der Waals surface area contributed by atoms with Gasteiger partial charge < -0.3 is 19.1 Å². The molecule has 2 aromatic rings. The molecular formula is C19H21ClN2O4S. The van der Waals surface area contributed by atoms with Gasteiger partial charge in [0, 0.05) is 43.2 Å². The lowest BCUT2D eigenvalue weighted by atomic mass is 10.1. The number of thiophene rings is 1. The lowest BCUT2D eigenvalue weighted by Gasteiger charge is -2.34. The first-order chi connectivity index (χ1) is 13.1. The van der Waals surface area contributed by atoms with Gasteiger partial charge in [0.1, 0.15) is 13.2 Å². The van der Waals surface area contributed by atoms with Crippen molar-refractivity contribution in [3.63, 3.8) is 0 Å². The monoisotopic (exact) mass is 408 g/mol. The number of fused-ring (bicyclic) bond motifs is 1. The molecule has 0 aliphatic carbocycles. The molecule has 0 saturated carbocycles. The molecule has 2 aliphatic rings. The fourth-order valence-electron chi connectivity index (χ4n) is 3.35. The van der Waals surface area contributed by atoms with Gasteiger partial charge in [-0.05, 0) is 24.3 Å². The van der Waals surface area contributed by atoms with Crippen LogP contribution in [0.1, 0.15) is 15.2 Å². The van der Waals surface area contributed by atoms with Crippen molar-refractivity contribution in [2.45, 2.75) is 6.54 Å². The van der Waals surface area contributed by atoms with Crippen molar-refractivity contribution < 1.29 is 19.0 Å². The van der Waals surface area contributed by atoms with Gasteiger partial charge in [0.15, 0.2) is 11.5 Å². The van der Waals surface area contributed by atoms with Crippen molar-refractivity contribution in [3.8, 4) is 17.2 Å². The summed E-state index contributed by atoms with van der Waals surface area (Å²) in [4.78, 5) is 18.4. The molecule has 0 atom stereocenters. The predicted molar refractivity (Wildman–Crippen MR) is 104 cm³/mol. The molecule has 0 radical (unpaired) electrons. The van der Waals surface area contributed by atoms with E-state index < -0.39 is 0 Å². The van der Waals surface area contributed by atoms with Crippen molar-refractivity contribution in [2.75, 3.05) is 46.5 Å². The minimum atomic E-state index is -0.0101. The van der Waals surface area contributed by atoms with E-state index in [0.717, 1.165) is 24.0 Å². The van der Waals surface area contributed by atoms with Gasteiger partial charge in [-0.3, -0.25) is 9.69 Å². The van der Waals surface area contributed by atoms with Crippen LogP contribution in [0.5, 0.6) is 17.2 Å². The molecular weight excluding hydrogens is 388 g/mol. The maximum absolute atomic E-state index is 13.0. The van der Waals surface area contributed by atoms with E-state index in [4.69, 9.17) is 25.8 Å². The van der Waals surface area contributed by atoms with E-state index >= 15 is 0 Å². The van der Waals surface area contributed by atoms with E-state index in [-0.39, 0.29) is 5.91 Å². The molecule has 6 nitrogen and oxygen atoms in total. The van der Waals surface area contributed by atoms with Gasteiger partial charge >= 0.3 is 0 Å². The van der Waals surface area contributed by atoms with Crippen molar-refractivity contribution in [3.05, 3.63) is 39.0 Å². The summed E-state index contributed by atoms with van der Waals surface area (Å²) in [7, 11) is 1.57. The molecule has 0 spiro atoms. The summed E-state index contributed by atoms with van der Waals surface area (Å²) < 4.78 is 17.4. The average molecular weight is 409 g/mol. The first-order valence-corrected chi connectivity index (χ1v) is 10.1. The Hall–Kier alpha value is -1.96. The van der Waals surface area contributed by atoms with Crippen molar-refractivity contribution in [2.24, 2.45) is 0 Å². The van der Waals surface area contributed by atoms with Crippen molar-refractivity contribution in [1.29, 1.82) is 0 Å². The van der Waals surface area contributed by atoms with Crippen LogP contribution in [0, 0.1) is 0 Å². The Kier molecular flexibility index (Phi) is 5.43. The number of amides is 1. The molecule has 27 heavy (non-hydrogen) atoms. The van der Waals surface area contributed by atoms with Crippen LogP contribution >= 0.6 is 22.9 Å². The summed E-state index contributed by atoms with van der Waals surface area (Å²) in [6, 6.07) is 7.47. The summed E-state index contributed by atoms with van der Waals surface area (Å²) in [5, 5.41) is 0. The molecule has 4 rings (SSSR count). The van der Waals surface area contributed by atoms with E-state index in [1.54, 1.807) is 30.6 Å². The summed E-state index contributed by atoms with van der Waals surface area (Å²) in [6.07, 6.45) is 0. The molecule has 0 N–H and O–H groups in total. The molecule has 1 amide bonds. The van der Waals surface area contributed by atoms with Crippen LogP contribution in [0.4, 0.5) is 0 Å². The SMILES string of the molecule is COc1cc(C(=O)N2CCN(Cc3ccc(Cl)s3)CC2)cc2c1OCCO2. The van der Waals surface area contributed by atoms with Crippen LogP contribution < -0.4 is 14.2 Å². The number of ether oxygens (including phenoxy) is 3. The molecule has 1 fully saturated rings. The number of benzene rings is 1. The molecule has 3 heterocycles. The molecule has 0 bridgehead atoms. The number of rotatable bonds is 4. The number of methoxy groups -OCH3 is 1. The lowest BCUT2D eigenvalue weighted by molar-refractivity contribution is 0.0628. The van der Waals surface area contributed by atoms with Crippen LogP contribution in [0.3, 0.4) is 0 Å². The number of nitrogens with zero attached hydrogens (tertiary/aromatic N) is 2. The number of halogens is 1. The maximum Gasteiger partial charge on any atom is 0.254 e. The van der Waals surface area contributed by atoms with Gasteiger partial charge in [0.05, 0.1) is 11.4 Å². The largest absolute Gasteiger partial charge is 0.493 e. The first-order valence-electron chi connectivity index (χ1n) is 8.87. The number of hydrogen-bond acceptors (Lipinski definition) is 6. The smallest absolute Gasteiger partial charge is 0.254 e. The number of carbonyl (C=O) groups is 1. The fourth-order valence-corrected chi connectivity index (χ4v) is 4.48. The third-order valence-electron chi connectivity index (χ3n) is 4.74. The Labute approximate surface area is 167 Å². The molecule has 144 valence electrons. The maximum atomic E-state index is 13.0. The van der Waals surface area contributed by atoms with Crippen LogP contribution in [0.25, 0.3) is 0 Å². The summed E-state index contributed by atoms with van der Waals surface area (Å²) in [6.45, 7) is 4.87. The third-order valence-corrected chi connectivity index (χ3v) is 5.96. The zero-order valence-corrected chi connectivity index (χ0v) is 16.6. The van der Waals surface area contributed by atoms with Gasteiger partial charge in [-0.2, -0.15) is 0 Å². The minimum Gasteiger partial charge on any atom is -0.493 e. The molecule has 1 aromatic heterocycles. The Morgan fingerprint density at radius 3 is 2.67 bits per heavy atom. The van der Waals surface area contributed by atoms with Crippen LogP contribution in [-0.4, -0.2) is 62.2 Å². The summed E-state index contributed by atoms with van der Waals surface area (Å²) in [5.74, 6) is 1.66. The topological polar surface area (TPSA) is 51.2 Å². The number of hydrogen-bond donors (Lipinski definition) is 0. The Morgan fingerprint density at radius 2 is 1.96 bits per heavy atom. The molecule has 0 unspecified atom stereocenters. The standard InChI is InChI=1S/C19H21ClN2O4S/c1-24-15-10-13(11-16-18(15)26-9-8-25-16)19(23)22-6-4-21(5-7-22)12-14-2-3-17(20)27-14/h2-3,10-11H,4-9,12H2,1H3. The van der Waals surface area contributed by atoms with E-state index in [1.807, 2.05) is 11.0 Å². The van der Waals surface area contributed by atoms with Gasteiger partial charge in [-0.25, -0.2) is 0 Å². The Bertz CT molecular complexity index is 816. The summed E-state index contributed by atoms with van der Waals surface area (Å²) in [5.41, 5.74) is 0.564. The minimum absolute atomic E-state index is 0.0101. The highest BCUT2D eigenvalue weighted by Gasteiger charge is 2.26. The normalized spacial score (nSPS) is 17.0. The van der Waals surface area contributed by atoms with Gasteiger partial charge in [-0.15, -0.1) is 11.3 Å². The Balaban J connectivity index is 1.42. The first kappa shape index (κ1) is 18.4. The van der Waals surface area contributed by atoms with E-state index in [0.29, 0.717) is 49.1 Å². The van der Waals surface area contributed by atoms with Crippen LogP contribution in [-0.2, 0) is 6.54 Å². The highest BCUT2D eigenvalue weighted by atomic mass is 35.5. The highest BCUT2D eigenvalue weighted by molar-refractivity contribution is 7.16. The predicted octanol–water partition coefficient (Wildman–Crippen LogP) is 3.14. The zero-order chi connectivity index (χ0) is 18.8. The Morgan fingerprint density at radius 1 is 1.19 bits per heavy atom. The van der Waals surface area contributed by atoms with Gasteiger partial charge in [-0.1, -0.05) is 11.6 Å². The van der Waals surface area contributed by atoms with Crippen molar-refractivity contribution >= 4 is 28.8 Å². The second-order valence-electron chi connectivity index (χ2n) is 6.48. The van der Waals surface area contributed by atoms with E-state index in [1.165, 1.54) is 4.88 Å². The van der Waals surface area contributed by atoms with E-state index in [2.05, 4.69) is 11.0 Å². The number of piperazine rings is 1. The van der Waals surface area contributed by atoms with Crippen LogP contribution in [0.2, 0.25) is 4.34 Å². The quantitative estimate of drug-likeness (QED) is 0.777. The van der Waals surface area contributed by atoms with E-state index in [9.17, 15) is 4.79 Å². The van der Waals surface area contributed by atoms with Gasteiger partial charge in [0.25, 0.3) is 5.91 Å². The average Bonchev–Trinajstić information content (AvgIpc) is 3.11. The molecule has 1 saturated heterocycles. The highest BCUT2D eigenvalue weighted by Crippen LogP contribution is 2.40. The second kappa shape index (κ2) is 7.96. The van der Waals surface area contributed by atoms with Crippen molar-refractivity contribution in [1.82, 2.24) is 9.80 Å². The second-order valence-corrected chi connectivity index (χ2v) is 8.28.